The van der Waals surface area contributed by atoms with E-state index in [1.165, 1.54) is 23.6 Å². The van der Waals surface area contributed by atoms with Gasteiger partial charge >= 0.3 is 0 Å². The second-order valence-electron chi connectivity index (χ2n) is 2.82. The summed E-state index contributed by atoms with van der Waals surface area (Å²) in [5.74, 6) is 1.20. The highest BCUT2D eigenvalue weighted by Gasteiger charge is 1.95. The number of rotatable bonds is 3. The lowest BCUT2D eigenvalue weighted by atomic mass is 10.3. The normalized spacial score (nSPS) is 12.7. The van der Waals surface area contributed by atoms with E-state index in [0.29, 0.717) is 0 Å². The summed E-state index contributed by atoms with van der Waals surface area (Å²) < 4.78 is 0. The molecular weight excluding hydrogens is 124 g/mol. The monoisotopic (exact) mass is 143 g/mol. The van der Waals surface area contributed by atoms with Crippen LogP contribution < -0.4 is 4.90 Å². The molecule has 0 spiro atoms. The molecule has 0 aliphatic heterocycles. The SMILES string of the molecule is CCCCN=C(C)[NH+](C)C. The predicted octanol–water partition coefficient (Wildman–Crippen LogP) is 0.349. The molecule has 0 amide bonds. The minimum Gasteiger partial charge on any atom is -0.295 e. The molecule has 60 valence electrons. The van der Waals surface area contributed by atoms with E-state index in [9.17, 15) is 0 Å². The van der Waals surface area contributed by atoms with Crippen LogP contribution in [0.15, 0.2) is 4.99 Å². The zero-order valence-electron chi connectivity index (χ0n) is 7.57. The molecule has 0 unspecified atom stereocenters. The van der Waals surface area contributed by atoms with Crippen molar-refractivity contribution in [2.45, 2.75) is 26.7 Å². The highest BCUT2D eigenvalue weighted by Crippen LogP contribution is 1.85. The van der Waals surface area contributed by atoms with Gasteiger partial charge in [0.1, 0.15) is 0 Å². The van der Waals surface area contributed by atoms with Crippen LogP contribution in [-0.2, 0) is 0 Å². The molecule has 0 fully saturated rings. The second-order valence-corrected chi connectivity index (χ2v) is 2.82. The van der Waals surface area contributed by atoms with Crippen LogP contribution >= 0.6 is 0 Å². The average Bonchev–Trinajstić information content (AvgIpc) is 1.88. The molecule has 0 aromatic heterocycles. The van der Waals surface area contributed by atoms with Crippen molar-refractivity contribution in [1.82, 2.24) is 0 Å². The van der Waals surface area contributed by atoms with Crippen molar-refractivity contribution in [3.63, 3.8) is 0 Å². The maximum Gasteiger partial charge on any atom is 0.192 e. The van der Waals surface area contributed by atoms with Crippen LogP contribution in [0.5, 0.6) is 0 Å². The van der Waals surface area contributed by atoms with Crippen molar-refractivity contribution in [3.8, 4) is 0 Å². The second kappa shape index (κ2) is 5.42. The number of amidine groups is 1. The van der Waals surface area contributed by atoms with Crippen molar-refractivity contribution in [1.29, 1.82) is 0 Å². The van der Waals surface area contributed by atoms with Crippen molar-refractivity contribution in [2.75, 3.05) is 20.6 Å². The molecule has 0 saturated heterocycles. The highest BCUT2D eigenvalue weighted by atomic mass is 15.1. The quantitative estimate of drug-likeness (QED) is 0.333. The molecule has 10 heavy (non-hydrogen) atoms. The summed E-state index contributed by atoms with van der Waals surface area (Å²) in [6.45, 7) is 5.26. The maximum absolute atomic E-state index is 4.39. The summed E-state index contributed by atoms with van der Waals surface area (Å²) in [5.41, 5.74) is 0. The van der Waals surface area contributed by atoms with Crippen LogP contribution in [0.2, 0.25) is 0 Å². The van der Waals surface area contributed by atoms with Gasteiger partial charge in [0.25, 0.3) is 0 Å². The van der Waals surface area contributed by atoms with Gasteiger partial charge in [-0.15, -0.1) is 0 Å². The lowest BCUT2D eigenvalue weighted by molar-refractivity contribution is -0.758. The summed E-state index contributed by atoms with van der Waals surface area (Å²) in [7, 11) is 4.20. The largest absolute Gasteiger partial charge is 0.295 e. The third kappa shape index (κ3) is 4.50. The summed E-state index contributed by atoms with van der Waals surface area (Å²) in [5, 5.41) is 0. The van der Waals surface area contributed by atoms with Crippen molar-refractivity contribution in [3.05, 3.63) is 0 Å². The van der Waals surface area contributed by atoms with Crippen molar-refractivity contribution in [2.24, 2.45) is 4.99 Å². The lowest BCUT2D eigenvalue weighted by Gasteiger charge is -2.03. The first kappa shape index (κ1) is 9.63. The standard InChI is InChI=1S/C8H18N2/c1-5-6-7-9-8(2)10(3)4/h5-7H2,1-4H3/p+1. The highest BCUT2D eigenvalue weighted by molar-refractivity contribution is 5.69. The fourth-order valence-corrected chi connectivity index (χ4v) is 0.563. The molecule has 0 saturated carbocycles. The van der Waals surface area contributed by atoms with Gasteiger partial charge in [0.05, 0.1) is 14.1 Å². The van der Waals surface area contributed by atoms with Crippen LogP contribution in [0.25, 0.3) is 0 Å². The molecule has 0 aliphatic rings. The molecule has 0 atom stereocenters. The number of hydrogen-bond acceptors (Lipinski definition) is 1. The van der Waals surface area contributed by atoms with Crippen molar-refractivity contribution >= 4 is 5.84 Å². The molecule has 2 nitrogen and oxygen atoms in total. The number of quaternary nitrogens is 1. The van der Waals surface area contributed by atoms with Crippen LogP contribution in [0.4, 0.5) is 0 Å². The smallest absolute Gasteiger partial charge is 0.192 e. The Kier molecular flexibility index (Phi) is 5.22. The summed E-state index contributed by atoms with van der Waals surface area (Å²) in [6.07, 6.45) is 2.45. The minimum absolute atomic E-state index is 0.994. The molecule has 0 radical (unpaired) electrons. The van der Waals surface area contributed by atoms with E-state index in [0.717, 1.165) is 6.54 Å². The van der Waals surface area contributed by atoms with Gasteiger partial charge in [0.2, 0.25) is 0 Å². The molecule has 1 N–H and O–H groups in total. The number of hydrogen-bond donors (Lipinski definition) is 1. The maximum atomic E-state index is 4.39. The molecule has 0 aliphatic carbocycles. The Morgan fingerprint density at radius 1 is 1.40 bits per heavy atom. The van der Waals surface area contributed by atoms with Crippen LogP contribution in [0, 0.1) is 0 Å². The summed E-state index contributed by atoms with van der Waals surface area (Å²) >= 11 is 0. The Hall–Kier alpha value is -0.370. The first-order valence-corrected chi connectivity index (χ1v) is 4.00. The first-order chi connectivity index (χ1) is 4.68. The molecule has 0 rings (SSSR count). The molecule has 0 bridgehead atoms. The molecule has 2 heteroatoms. The minimum atomic E-state index is 0.994. The van der Waals surface area contributed by atoms with Gasteiger partial charge in [-0.3, -0.25) is 4.90 Å². The van der Waals surface area contributed by atoms with Gasteiger partial charge in [-0.25, -0.2) is 4.99 Å². The number of unbranched alkanes of at least 4 members (excludes halogenated alkanes) is 1. The van der Waals surface area contributed by atoms with Crippen LogP contribution in [0.3, 0.4) is 0 Å². The predicted molar refractivity (Wildman–Crippen MR) is 45.7 cm³/mol. The average molecular weight is 143 g/mol. The summed E-state index contributed by atoms with van der Waals surface area (Å²) in [4.78, 5) is 5.72. The van der Waals surface area contributed by atoms with Crippen molar-refractivity contribution < 1.29 is 4.90 Å². The Morgan fingerprint density at radius 2 is 2.00 bits per heavy atom. The van der Waals surface area contributed by atoms with Gasteiger partial charge in [0.15, 0.2) is 5.84 Å². The van der Waals surface area contributed by atoms with E-state index < -0.39 is 0 Å². The molecule has 0 aromatic rings. The Bertz CT molecular complexity index is 106. The number of nitrogens with one attached hydrogen (secondary N) is 1. The number of nitrogens with zero attached hydrogens (tertiary/aromatic N) is 1. The van der Waals surface area contributed by atoms with Gasteiger partial charge in [-0.05, 0) is 6.42 Å². The van der Waals surface area contributed by atoms with Crippen LogP contribution in [0.1, 0.15) is 26.7 Å². The molecule has 0 aromatic carbocycles. The summed E-state index contributed by atoms with van der Waals surface area (Å²) in [6, 6.07) is 0. The van der Waals surface area contributed by atoms with E-state index >= 15 is 0 Å². The Labute approximate surface area is 63.9 Å². The topological polar surface area (TPSA) is 16.8 Å². The third-order valence-corrected chi connectivity index (χ3v) is 1.58. The Balaban J connectivity index is 3.48. The lowest BCUT2D eigenvalue weighted by Crippen LogP contribution is -3.08. The van der Waals surface area contributed by atoms with Gasteiger partial charge in [0, 0.05) is 13.5 Å². The van der Waals surface area contributed by atoms with Gasteiger partial charge < -0.3 is 0 Å². The molecular formula is C8H19N2+. The first-order valence-electron chi connectivity index (χ1n) is 4.00. The van der Waals surface area contributed by atoms with E-state index in [4.69, 9.17) is 0 Å². The number of aliphatic imine (C=N–C) groups is 1. The fourth-order valence-electron chi connectivity index (χ4n) is 0.563. The third-order valence-electron chi connectivity index (χ3n) is 1.58. The fraction of sp³-hybridized carbons (Fsp3) is 0.875. The zero-order chi connectivity index (χ0) is 7.98. The van der Waals surface area contributed by atoms with E-state index in [1.54, 1.807) is 0 Å². The van der Waals surface area contributed by atoms with Gasteiger partial charge in [-0.1, -0.05) is 13.3 Å². The van der Waals surface area contributed by atoms with E-state index in [-0.39, 0.29) is 0 Å². The van der Waals surface area contributed by atoms with Crippen LogP contribution in [-0.4, -0.2) is 26.5 Å². The van der Waals surface area contributed by atoms with Gasteiger partial charge in [-0.2, -0.15) is 0 Å². The Morgan fingerprint density at radius 3 is 2.40 bits per heavy atom. The zero-order valence-corrected chi connectivity index (χ0v) is 7.57. The van der Waals surface area contributed by atoms with E-state index in [1.807, 2.05) is 0 Å². The van der Waals surface area contributed by atoms with E-state index in [2.05, 4.69) is 32.9 Å². The molecule has 0 heterocycles.